The molecule has 1 aromatic heterocycles. The number of hydrogen-bond donors (Lipinski definition) is 0. The molecule has 1 aromatic rings. The highest BCUT2D eigenvalue weighted by Crippen LogP contribution is 2.14. The molecule has 78 valence electrons. The van der Waals surface area contributed by atoms with Gasteiger partial charge in [-0.2, -0.15) is 0 Å². The van der Waals surface area contributed by atoms with Gasteiger partial charge in [-0.3, -0.25) is 0 Å². The van der Waals surface area contributed by atoms with Crippen LogP contribution in [0.2, 0.25) is 0 Å². The topological polar surface area (TPSA) is 22.1 Å². The Morgan fingerprint density at radius 1 is 1.50 bits per heavy atom. The Morgan fingerprint density at radius 2 is 2.21 bits per heavy atom. The van der Waals surface area contributed by atoms with Crippen LogP contribution < -0.4 is 4.74 Å². The molecule has 0 bridgehead atoms. The summed E-state index contributed by atoms with van der Waals surface area (Å²) in [6, 6.07) is 3.34. The number of aromatic nitrogens is 1. The zero-order valence-electron chi connectivity index (χ0n) is 7.64. The molecule has 0 unspecified atom stereocenters. The Kier molecular flexibility index (Phi) is 4.07. The molecule has 0 aliphatic heterocycles. The van der Waals surface area contributed by atoms with Gasteiger partial charge in [0.15, 0.2) is 6.61 Å². The summed E-state index contributed by atoms with van der Waals surface area (Å²) in [5.41, 5.74) is 1.51. The van der Waals surface area contributed by atoms with Crippen molar-refractivity contribution in [2.24, 2.45) is 0 Å². The first kappa shape index (κ1) is 11.2. The fourth-order valence-corrected chi connectivity index (χ4v) is 1.16. The predicted molar refractivity (Wildman–Crippen MR) is 50.0 cm³/mol. The van der Waals surface area contributed by atoms with Gasteiger partial charge in [-0.25, -0.2) is 13.8 Å². The van der Waals surface area contributed by atoms with Gasteiger partial charge in [0, 0.05) is 17.6 Å². The normalized spacial score (nSPS) is 10.6. The average Bonchev–Trinajstić information content (AvgIpc) is 2.14. The second-order valence-corrected chi connectivity index (χ2v) is 3.06. The van der Waals surface area contributed by atoms with Gasteiger partial charge in [0.25, 0.3) is 6.43 Å². The zero-order chi connectivity index (χ0) is 10.6. The lowest BCUT2D eigenvalue weighted by atomic mass is 10.2. The van der Waals surface area contributed by atoms with E-state index in [9.17, 15) is 8.78 Å². The predicted octanol–water partition coefficient (Wildman–Crippen LogP) is 2.77. The van der Waals surface area contributed by atoms with Crippen LogP contribution in [-0.2, 0) is 5.88 Å². The molecule has 0 aliphatic carbocycles. The third-order valence-electron chi connectivity index (χ3n) is 1.50. The van der Waals surface area contributed by atoms with E-state index in [2.05, 4.69) is 4.98 Å². The molecule has 0 aliphatic rings. The molecule has 1 rings (SSSR count). The minimum atomic E-state index is -2.49. The molecule has 0 aromatic carbocycles. The minimum Gasteiger partial charge on any atom is -0.472 e. The number of aryl methyl sites for hydroxylation is 1. The molecule has 0 saturated carbocycles. The van der Waals surface area contributed by atoms with Crippen molar-refractivity contribution in [1.82, 2.24) is 4.98 Å². The van der Waals surface area contributed by atoms with Crippen molar-refractivity contribution >= 4 is 11.6 Å². The van der Waals surface area contributed by atoms with Gasteiger partial charge in [0.05, 0.1) is 0 Å². The molecule has 0 spiro atoms. The molecule has 1 heterocycles. The molecular weight excluding hydrogens is 212 g/mol. The highest BCUT2D eigenvalue weighted by Gasteiger charge is 2.05. The van der Waals surface area contributed by atoms with Crippen molar-refractivity contribution < 1.29 is 13.5 Å². The molecule has 0 fully saturated rings. The lowest BCUT2D eigenvalue weighted by Gasteiger charge is -2.06. The molecule has 0 amide bonds. The van der Waals surface area contributed by atoms with Crippen molar-refractivity contribution in [3.05, 3.63) is 23.4 Å². The third-order valence-corrected chi connectivity index (χ3v) is 1.81. The summed E-state index contributed by atoms with van der Waals surface area (Å²) in [6.45, 7) is 1.11. The van der Waals surface area contributed by atoms with Crippen molar-refractivity contribution in [2.45, 2.75) is 19.2 Å². The summed E-state index contributed by atoms with van der Waals surface area (Å²) in [6.07, 6.45) is -2.49. The van der Waals surface area contributed by atoms with Crippen LogP contribution in [0.5, 0.6) is 5.88 Å². The van der Waals surface area contributed by atoms with E-state index in [0.29, 0.717) is 11.6 Å². The fraction of sp³-hybridized carbons (Fsp3) is 0.444. The Morgan fingerprint density at radius 3 is 2.79 bits per heavy atom. The maximum Gasteiger partial charge on any atom is 0.272 e. The van der Waals surface area contributed by atoms with E-state index in [1.807, 2.05) is 0 Å². The Balaban J connectivity index is 2.71. The molecule has 14 heavy (non-hydrogen) atoms. The van der Waals surface area contributed by atoms with Crippen molar-refractivity contribution in [1.29, 1.82) is 0 Å². The number of halogens is 3. The monoisotopic (exact) mass is 221 g/mol. The van der Waals surface area contributed by atoms with Gasteiger partial charge >= 0.3 is 0 Å². The maximum absolute atomic E-state index is 11.8. The summed E-state index contributed by atoms with van der Waals surface area (Å²) in [4.78, 5) is 3.94. The summed E-state index contributed by atoms with van der Waals surface area (Å²) in [5.74, 6) is 0.509. The van der Waals surface area contributed by atoms with E-state index in [-0.39, 0.29) is 5.88 Å². The highest BCUT2D eigenvalue weighted by atomic mass is 35.5. The minimum absolute atomic E-state index is 0.195. The van der Waals surface area contributed by atoms with Crippen LogP contribution in [0.25, 0.3) is 0 Å². The Labute approximate surface area is 85.9 Å². The summed E-state index contributed by atoms with van der Waals surface area (Å²) in [7, 11) is 0. The second-order valence-electron chi connectivity index (χ2n) is 2.79. The fourth-order valence-electron chi connectivity index (χ4n) is 1.01. The molecule has 2 nitrogen and oxygen atoms in total. The van der Waals surface area contributed by atoms with Crippen LogP contribution in [0.4, 0.5) is 8.78 Å². The molecule has 5 heteroatoms. The molecule has 0 N–H and O–H groups in total. The van der Waals surface area contributed by atoms with Crippen LogP contribution in [0, 0.1) is 6.92 Å². The Bertz CT molecular complexity index is 307. The first-order valence-corrected chi connectivity index (χ1v) is 4.59. The van der Waals surface area contributed by atoms with Crippen LogP contribution in [-0.4, -0.2) is 18.0 Å². The number of ether oxygens (including phenoxy) is 1. The molecule has 0 saturated heterocycles. The lowest BCUT2D eigenvalue weighted by Crippen LogP contribution is -2.08. The van der Waals surface area contributed by atoms with Crippen LogP contribution in [0.3, 0.4) is 0 Å². The molecule has 0 atom stereocenters. The van der Waals surface area contributed by atoms with Crippen LogP contribution in [0.1, 0.15) is 11.3 Å². The quantitative estimate of drug-likeness (QED) is 0.730. The third kappa shape index (κ3) is 3.46. The number of pyridine rings is 1. The summed E-state index contributed by atoms with van der Waals surface area (Å²) in [5, 5.41) is 0. The standard InChI is InChI=1S/C9H10ClF2NO/c1-6-2-7(4-10)3-9(13-6)14-5-8(11)12/h2-3,8H,4-5H2,1H3. The number of rotatable bonds is 4. The van der Waals surface area contributed by atoms with Crippen LogP contribution in [0.15, 0.2) is 12.1 Å². The summed E-state index contributed by atoms with van der Waals surface area (Å²) < 4.78 is 28.4. The lowest BCUT2D eigenvalue weighted by molar-refractivity contribution is 0.0795. The van der Waals surface area contributed by atoms with Crippen molar-refractivity contribution in [3.63, 3.8) is 0 Å². The van der Waals surface area contributed by atoms with E-state index in [4.69, 9.17) is 16.3 Å². The molecule has 0 radical (unpaired) electrons. The van der Waals surface area contributed by atoms with Crippen LogP contribution >= 0.6 is 11.6 Å². The number of nitrogens with zero attached hydrogens (tertiary/aromatic N) is 1. The van der Waals surface area contributed by atoms with E-state index < -0.39 is 13.0 Å². The first-order valence-electron chi connectivity index (χ1n) is 4.06. The van der Waals surface area contributed by atoms with Gasteiger partial charge < -0.3 is 4.74 Å². The van der Waals surface area contributed by atoms with E-state index in [0.717, 1.165) is 5.56 Å². The molecular formula is C9H10ClF2NO. The van der Waals surface area contributed by atoms with Crippen molar-refractivity contribution in [2.75, 3.05) is 6.61 Å². The largest absolute Gasteiger partial charge is 0.472 e. The SMILES string of the molecule is Cc1cc(CCl)cc(OCC(F)F)n1. The zero-order valence-corrected chi connectivity index (χ0v) is 8.39. The van der Waals surface area contributed by atoms with Gasteiger partial charge in [0.2, 0.25) is 5.88 Å². The van der Waals surface area contributed by atoms with E-state index >= 15 is 0 Å². The highest BCUT2D eigenvalue weighted by molar-refractivity contribution is 6.17. The van der Waals surface area contributed by atoms with Gasteiger partial charge in [-0.15, -0.1) is 11.6 Å². The number of alkyl halides is 3. The number of hydrogen-bond acceptors (Lipinski definition) is 2. The average molecular weight is 222 g/mol. The van der Waals surface area contributed by atoms with Gasteiger partial charge in [-0.1, -0.05) is 0 Å². The Hall–Kier alpha value is -0.900. The summed E-state index contributed by atoms with van der Waals surface area (Å²) >= 11 is 5.60. The van der Waals surface area contributed by atoms with Gasteiger partial charge in [0.1, 0.15) is 0 Å². The van der Waals surface area contributed by atoms with E-state index in [1.54, 1.807) is 19.1 Å². The second kappa shape index (κ2) is 5.10. The van der Waals surface area contributed by atoms with E-state index in [1.165, 1.54) is 0 Å². The smallest absolute Gasteiger partial charge is 0.272 e. The van der Waals surface area contributed by atoms with Crippen molar-refractivity contribution in [3.8, 4) is 5.88 Å². The maximum atomic E-state index is 11.8. The first-order chi connectivity index (χ1) is 6.61. The van der Waals surface area contributed by atoms with Gasteiger partial charge in [-0.05, 0) is 18.6 Å².